The second kappa shape index (κ2) is 7.99. The third-order valence-electron chi connectivity index (χ3n) is 4.41. The van der Waals surface area contributed by atoms with Gasteiger partial charge in [-0.25, -0.2) is 9.07 Å². The number of hydrogen-bond donors (Lipinski definition) is 1. The zero-order valence-corrected chi connectivity index (χ0v) is 14.7. The molecule has 1 N–H and O–H groups in total. The highest BCUT2D eigenvalue weighted by Gasteiger charge is 2.21. The normalized spacial score (nSPS) is 15.6. The van der Waals surface area contributed by atoms with Crippen molar-refractivity contribution < 1.29 is 9.13 Å². The molecule has 4 nitrogen and oxygen atoms in total. The van der Waals surface area contributed by atoms with E-state index in [1.54, 1.807) is 6.07 Å². The van der Waals surface area contributed by atoms with E-state index in [0.717, 1.165) is 18.5 Å². The molecule has 130 valence electrons. The van der Waals surface area contributed by atoms with Crippen molar-refractivity contribution in [3.8, 4) is 5.88 Å². The van der Waals surface area contributed by atoms with Crippen molar-refractivity contribution in [3.63, 3.8) is 0 Å². The second-order valence-corrected chi connectivity index (χ2v) is 6.70. The van der Waals surface area contributed by atoms with Crippen molar-refractivity contribution in [3.05, 3.63) is 46.4 Å². The van der Waals surface area contributed by atoms with Gasteiger partial charge in [0.05, 0.1) is 11.7 Å². The predicted octanol–water partition coefficient (Wildman–Crippen LogP) is 4.48. The van der Waals surface area contributed by atoms with E-state index in [0.29, 0.717) is 29.1 Å². The topological polar surface area (TPSA) is 39.1 Å². The van der Waals surface area contributed by atoms with Crippen LogP contribution in [-0.2, 0) is 13.2 Å². The molecule has 3 rings (SSSR count). The maximum absolute atomic E-state index is 13.9. The average molecular weight is 352 g/mol. The van der Waals surface area contributed by atoms with Crippen LogP contribution < -0.4 is 10.1 Å². The van der Waals surface area contributed by atoms with Crippen LogP contribution in [-0.4, -0.2) is 16.8 Å². The Balaban J connectivity index is 1.79. The summed E-state index contributed by atoms with van der Waals surface area (Å²) in [5, 5.41) is 8.30. The van der Waals surface area contributed by atoms with Crippen LogP contribution in [0.2, 0.25) is 5.02 Å². The molecule has 0 saturated heterocycles. The molecular weight excluding hydrogens is 329 g/mol. The van der Waals surface area contributed by atoms with Crippen LogP contribution in [0.15, 0.2) is 24.3 Å². The van der Waals surface area contributed by atoms with E-state index in [4.69, 9.17) is 16.3 Å². The molecule has 1 aliphatic rings. The predicted molar refractivity (Wildman–Crippen MR) is 92.9 cm³/mol. The van der Waals surface area contributed by atoms with Crippen LogP contribution in [0, 0.1) is 5.82 Å². The maximum Gasteiger partial charge on any atom is 0.212 e. The highest BCUT2D eigenvalue weighted by molar-refractivity contribution is 6.30. The summed E-state index contributed by atoms with van der Waals surface area (Å²) >= 11 is 5.95. The number of halogens is 2. The Morgan fingerprint density at radius 2 is 2.08 bits per heavy atom. The lowest BCUT2D eigenvalue weighted by Crippen LogP contribution is -2.16. The molecule has 1 fully saturated rings. The van der Waals surface area contributed by atoms with Crippen molar-refractivity contribution in [1.29, 1.82) is 0 Å². The average Bonchev–Trinajstić information content (AvgIpc) is 3.00. The number of ether oxygens (including phenoxy) is 1. The largest absolute Gasteiger partial charge is 0.473 e. The Kier molecular flexibility index (Phi) is 5.74. The fraction of sp³-hybridized carbons (Fsp3) is 0.500. The van der Waals surface area contributed by atoms with E-state index in [9.17, 15) is 4.39 Å². The summed E-state index contributed by atoms with van der Waals surface area (Å²) in [4.78, 5) is 0. The fourth-order valence-electron chi connectivity index (χ4n) is 3.19. The minimum absolute atomic E-state index is 0.143. The first kappa shape index (κ1) is 17.2. The van der Waals surface area contributed by atoms with Gasteiger partial charge < -0.3 is 10.1 Å². The van der Waals surface area contributed by atoms with E-state index in [1.165, 1.54) is 31.4 Å². The molecule has 0 bridgehead atoms. The van der Waals surface area contributed by atoms with Gasteiger partial charge in [0.15, 0.2) is 0 Å². The van der Waals surface area contributed by atoms with Crippen molar-refractivity contribution in [2.24, 2.45) is 0 Å². The molecule has 0 spiro atoms. The van der Waals surface area contributed by atoms with Gasteiger partial charge in [-0.1, -0.05) is 30.9 Å². The van der Waals surface area contributed by atoms with Gasteiger partial charge in [0.2, 0.25) is 5.88 Å². The lowest BCUT2D eigenvalue weighted by Gasteiger charge is -2.23. The maximum atomic E-state index is 13.9. The van der Waals surface area contributed by atoms with E-state index < -0.39 is 0 Å². The first-order valence-corrected chi connectivity index (χ1v) is 8.85. The van der Waals surface area contributed by atoms with Crippen LogP contribution >= 0.6 is 11.6 Å². The summed E-state index contributed by atoms with van der Waals surface area (Å²) in [6, 6.07) is 6.81. The Labute approximate surface area is 147 Å². The lowest BCUT2D eigenvalue weighted by atomic mass is 9.96. The standard InChI is InChI=1S/C18H23ClFN3O/c1-21-11-15-10-18(23(22-15)16-5-3-2-4-6-16)24-12-13-9-14(19)7-8-17(13)20/h7-10,16,21H,2-6,11-12H2,1H3. The highest BCUT2D eigenvalue weighted by Crippen LogP contribution is 2.32. The van der Waals surface area contributed by atoms with Gasteiger partial charge in [-0.05, 0) is 38.1 Å². The van der Waals surface area contributed by atoms with Crippen LogP contribution in [0.4, 0.5) is 4.39 Å². The molecule has 0 unspecified atom stereocenters. The quantitative estimate of drug-likeness (QED) is 0.834. The number of nitrogens with one attached hydrogen (secondary N) is 1. The van der Waals surface area contributed by atoms with Crippen LogP contribution in [0.25, 0.3) is 0 Å². The number of benzene rings is 1. The van der Waals surface area contributed by atoms with Crippen molar-refractivity contribution in [2.45, 2.75) is 51.3 Å². The highest BCUT2D eigenvalue weighted by atomic mass is 35.5. The molecule has 0 atom stereocenters. The molecule has 0 radical (unpaired) electrons. The molecular formula is C18H23ClFN3O. The SMILES string of the molecule is CNCc1cc(OCc2cc(Cl)ccc2F)n(C2CCCCC2)n1. The van der Waals surface area contributed by atoms with Gasteiger partial charge in [0, 0.05) is 23.2 Å². The zero-order valence-electron chi connectivity index (χ0n) is 13.9. The van der Waals surface area contributed by atoms with Crippen molar-refractivity contribution in [1.82, 2.24) is 15.1 Å². The van der Waals surface area contributed by atoms with E-state index in [-0.39, 0.29) is 12.4 Å². The summed E-state index contributed by atoms with van der Waals surface area (Å²) in [7, 11) is 1.89. The third-order valence-corrected chi connectivity index (χ3v) is 4.65. The van der Waals surface area contributed by atoms with Gasteiger partial charge in [-0.15, -0.1) is 0 Å². The van der Waals surface area contributed by atoms with Gasteiger partial charge in [-0.3, -0.25) is 0 Å². The van der Waals surface area contributed by atoms with E-state index >= 15 is 0 Å². The number of rotatable bonds is 6. The van der Waals surface area contributed by atoms with Gasteiger partial charge >= 0.3 is 0 Å². The molecule has 0 amide bonds. The number of hydrogen-bond acceptors (Lipinski definition) is 3. The first-order chi connectivity index (χ1) is 11.7. The molecule has 2 aromatic rings. The van der Waals surface area contributed by atoms with E-state index in [2.05, 4.69) is 10.4 Å². The Hall–Kier alpha value is -1.59. The second-order valence-electron chi connectivity index (χ2n) is 6.27. The van der Waals surface area contributed by atoms with Crippen LogP contribution in [0.1, 0.15) is 49.4 Å². The summed E-state index contributed by atoms with van der Waals surface area (Å²) in [5.74, 6) is 0.394. The van der Waals surface area contributed by atoms with Gasteiger partial charge in [0.1, 0.15) is 12.4 Å². The Morgan fingerprint density at radius 1 is 1.29 bits per heavy atom. The summed E-state index contributed by atoms with van der Waals surface area (Å²) in [6.45, 7) is 0.825. The van der Waals surface area contributed by atoms with Crippen molar-refractivity contribution in [2.75, 3.05) is 7.05 Å². The minimum atomic E-state index is -0.307. The molecule has 6 heteroatoms. The fourth-order valence-corrected chi connectivity index (χ4v) is 3.39. The van der Waals surface area contributed by atoms with Gasteiger partial charge in [-0.2, -0.15) is 5.10 Å². The smallest absolute Gasteiger partial charge is 0.212 e. The molecule has 24 heavy (non-hydrogen) atoms. The van der Waals surface area contributed by atoms with Crippen molar-refractivity contribution >= 4 is 11.6 Å². The number of aromatic nitrogens is 2. The third kappa shape index (κ3) is 4.08. The van der Waals surface area contributed by atoms with E-state index in [1.807, 2.05) is 17.8 Å². The molecule has 1 aromatic heterocycles. The summed E-state index contributed by atoms with van der Waals surface area (Å²) < 4.78 is 21.8. The summed E-state index contributed by atoms with van der Waals surface area (Å²) in [5.41, 5.74) is 1.39. The summed E-state index contributed by atoms with van der Waals surface area (Å²) in [6.07, 6.45) is 5.94. The van der Waals surface area contributed by atoms with Crippen LogP contribution in [0.5, 0.6) is 5.88 Å². The molecule has 1 aliphatic carbocycles. The lowest BCUT2D eigenvalue weighted by molar-refractivity contribution is 0.235. The monoisotopic (exact) mass is 351 g/mol. The zero-order chi connectivity index (χ0) is 16.9. The Morgan fingerprint density at radius 3 is 2.83 bits per heavy atom. The van der Waals surface area contributed by atoms with Gasteiger partial charge in [0.25, 0.3) is 0 Å². The molecule has 1 heterocycles. The van der Waals surface area contributed by atoms with Crippen LogP contribution in [0.3, 0.4) is 0 Å². The molecule has 1 aromatic carbocycles. The molecule has 0 aliphatic heterocycles. The molecule has 1 saturated carbocycles. The minimum Gasteiger partial charge on any atom is -0.473 e. The Bertz CT molecular complexity index is 683. The first-order valence-electron chi connectivity index (χ1n) is 8.47. The number of nitrogens with zero attached hydrogens (tertiary/aromatic N) is 2.